The minimum atomic E-state index is -10.7. The van der Waals surface area contributed by atoms with Gasteiger partial charge in [-0.1, -0.05) is 0 Å². The molecular weight excluding hydrogens is 252 g/mol. The summed E-state index contributed by atoms with van der Waals surface area (Å²) in [5.74, 6) is 0. The van der Waals surface area contributed by atoms with Crippen LogP contribution in [0.25, 0.3) is 0 Å². The van der Waals surface area contributed by atoms with E-state index in [1.807, 2.05) is 0 Å². The normalized spacial score (nSPS) is 18.5. The molecule has 0 saturated heterocycles. The average Bonchev–Trinajstić information content (AvgIpc) is 1.04. The molecule has 0 aromatic carbocycles. The molecule has 0 aliphatic heterocycles. The first-order chi connectivity index (χ1) is 4.45. The summed E-state index contributed by atoms with van der Waals surface area (Å²) < 4.78 is 98.4. The second kappa shape index (κ2) is 2.57. The Hall–Kier alpha value is 0.160. The van der Waals surface area contributed by atoms with Crippen molar-refractivity contribution in [3.63, 3.8) is 0 Å². The second-order valence-electron chi connectivity index (χ2n) is 1.34. The molecule has 80 valence electrons. The third-order valence-corrected chi connectivity index (χ3v) is 0. The molecule has 0 radical (unpaired) electrons. The molecule has 12 heteroatoms. The second-order valence-corrected chi connectivity index (χ2v) is 4.02. The fourth-order valence-electron chi connectivity index (χ4n) is 0. The maximum atomic E-state index is 9.87. The van der Waals surface area contributed by atoms with Gasteiger partial charge in [-0.15, -0.1) is 0 Å². The zero-order chi connectivity index (χ0) is 10.9. The van der Waals surface area contributed by atoms with Crippen LogP contribution in [0.2, 0.25) is 0 Å². The van der Waals surface area contributed by atoms with Crippen molar-refractivity contribution in [2.75, 3.05) is 0 Å². The van der Waals surface area contributed by atoms with Gasteiger partial charge in [0.05, 0.1) is 16.8 Å². The summed E-state index contributed by atoms with van der Waals surface area (Å²) in [6.07, 6.45) is 0. The van der Waals surface area contributed by atoms with Crippen LogP contribution in [-0.4, -0.2) is 0 Å². The van der Waals surface area contributed by atoms with Gasteiger partial charge in [0, 0.05) is 0 Å². The topological polar surface area (TPSA) is 0 Å². The third-order valence-electron chi connectivity index (χ3n) is 0. The van der Waals surface area contributed by atoms with E-state index in [1.165, 1.54) is 0 Å². The molecule has 0 saturated carbocycles. The van der Waals surface area contributed by atoms with Crippen LogP contribution in [0.4, 0.5) is 42.0 Å². The van der Waals surface area contributed by atoms with Gasteiger partial charge in [0.25, 0.3) is 0 Å². The molecule has 0 unspecified atom stereocenters. The third kappa shape index (κ3) is 33300. The summed E-state index contributed by atoms with van der Waals surface area (Å²) in [5.41, 5.74) is 0. The molecule has 0 rings (SSSR count). The number of halogens is 10. The van der Waals surface area contributed by atoms with Gasteiger partial charge >= 0.3 is 41.5 Å². The average molecular weight is 252 g/mol. The maximum absolute atomic E-state index is 10.7. The zero-order valence-corrected chi connectivity index (χ0v) is 6.46. The van der Waals surface area contributed by atoms with Crippen molar-refractivity contribution < 1.29 is 42.0 Å². The zero-order valence-electron chi connectivity index (χ0n) is 4.67. The van der Waals surface area contributed by atoms with Gasteiger partial charge in [0.15, 0.2) is 0 Å². The van der Waals surface area contributed by atoms with E-state index in [-0.39, 0.29) is 0 Å². The Morgan fingerprint density at radius 3 is 0.583 bits per heavy atom. The Kier molecular flexibility index (Phi) is 3.15. The van der Waals surface area contributed by atoms with Crippen molar-refractivity contribution in [2.24, 2.45) is 0 Å². The fraction of sp³-hybridized carbons (Fsp3) is 0. The van der Waals surface area contributed by atoms with E-state index in [0.717, 1.165) is 0 Å². The monoisotopic (exact) mass is 252 g/mol. The van der Waals surface area contributed by atoms with Gasteiger partial charge in [0.1, 0.15) is 0 Å². The molecule has 0 atom stereocenters. The van der Waals surface area contributed by atoms with Crippen LogP contribution < -0.4 is 0 Å². The van der Waals surface area contributed by atoms with E-state index < -0.39 is 16.3 Å². The molecule has 0 aromatic rings. The minimum absolute atomic E-state index is 6.39. The quantitative estimate of drug-likeness (QED) is 0.370. The molecule has 0 N–H and O–H groups in total. The van der Waals surface area contributed by atoms with Crippen molar-refractivity contribution >= 4 is 16.3 Å². The standard InChI is InChI=1S/F6P.F4P/c1-7(2,3,4,5)6;1-5(2,3)4/q-1;+1. The first kappa shape index (κ1) is 14.7. The van der Waals surface area contributed by atoms with Crippen molar-refractivity contribution in [2.45, 2.75) is 0 Å². The predicted octanol–water partition coefficient (Wildman–Crippen LogP) is 5.92. The number of rotatable bonds is 0. The molecule has 0 nitrogen and oxygen atoms in total. The summed E-state index contributed by atoms with van der Waals surface area (Å²) in [4.78, 5) is 0. The Morgan fingerprint density at radius 2 is 0.583 bits per heavy atom. The van der Waals surface area contributed by atoms with Gasteiger partial charge in [0.2, 0.25) is 0 Å². The summed E-state index contributed by atoms with van der Waals surface area (Å²) in [5, 5.41) is 0. The molecule has 0 bridgehead atoms. The van der Waals surface area contributed by atoms with Crippen LogP contribution in [0.15, 0.2) is 0 Å². The van der Waals surface area contributed by atoms with Crippen LogP contribution in [0.1, 0.15) is 0 Å². The predicted molar refractivity (Wildman–Crippen MR) is 24.9 cm³/mol. The summed E-state index contributed by atoms with van der Waals surface area (Å²) in [6, 6.07) is 0. The molecule has 0 aliphatic rings. The van der Waals surface area contributed by atoms with Crippen molar-refractivity contribution in [1.82, 2.24) is 0 Å². The molecule has 12 heavy (non-hydrogen) atoms. The first-order valence-electron chi connectivity index (χ1n) is 1.69. The Balaban J connectivity index is 0. The fourth-order valence-corrected chi connectivity index (χ4v) is 0. The van der Waals surface area contributed by atoms with Gasteiger partial charge in [-0.2, -0.15) is 0 Å². The van der Waals surface area contributed by atoms with E-state index in [9.17, 15) is 42.0 Å². The molecule has 0 aliphatic carbocycles. The summed E-state index contributed by atoms with van der Waals surface area (Å²) in [6.45, 7) is 0. The molecular formula is F10P2. The van der Waals surface area contributed by atoms with E-state index in [4.69, 9.17) is 0 Å². The molecule has 0 heterocycles. The van der Waals surface area contributed by atoms with E-state index >= 15 is 0 Å². The Morgan fingerprint density at radius 1 is 0.583 bits per heavy atom. The van der Waals surface area contributed by atoms with Crippen LogP contribution in [-0.2, 0) is 0 Å². The van der Waals surface area contributed by atoms with Gasteiger partial charge in [-0.3, -0.25) is 0 Å². The van der Waals surface area contributed by atoms with Crippen molar-refractivity contribution in [1.29, 1.82) is 0 Å². The molecule has 0 fully saturated rings. The summed E-state index contributed by atoms with van der Waals surface area (Å²) >= 11 is 0. The van der Waals surface area contributed by atoms with Gasteiger partial charge in [-0.05, 0) is 0 Å². The Bertz CT molecular complexity index is 118. The van der Waals surface area contributed by atoms with Crippen LogP contribution in [0, 0.1) is 0 Å². The number of hydrogen-bond donors (Lipinski definition) is 0. The van der Waals surface area contributed by atoms with Crippen LogP contribution in [0.3, 0.4) is 0 Å². The van der Waals surface area contributed by atoms with Gasteiger partial charge in [-0.25, -0.2) is 0 Å². The SMILES string of the molecule is F[P+](F)(F)F.F[P-](F)(F)(F)(F)F. The number of hydrogen-bond acceptors (Lipinski definition) is 0. The van der Waals surface area contributed by atoms with E-state index in [0.29, 0.717) is 0 Å². The van der Waals surface area contributed by atoms with Crippen molar-refractivity contribution in [3.8, 4) is 0 Å². The first-order valence-corrected chi connectivity index (χ1v) is 5.07. The molecule has 0 spiro atoms. The molecule has 0 aromatic heterocycles. The van der Waals surface area contributed by atoms with E-state index in [1.54, 1.807) is 0 Å². The summed E-state index contributed by atoms with van der Waals surface area (Å²) in [7, 11) is -17.0. The molecule has 0 amide bonds. The van der Waals surface area contributed by atoms with Gasteiger partial charge < -0.3 is 0 Å². The van der Waals surface area contributed by atoms with Crippen molar-refractivity contribution in [3.05, 3.63) is 0 Å². The van der Waals surface area contributed by atoms with E-state index in [2.05, 4.69) is 0 Å². The Labute approximate surface area is 59.6 Å². The van der Waals surface area contributed by atoms with Crippen LogP contribution >= 0.6 is 16.3 Å². The van der Waals surface area contributed by atoms with Crippen LogP contribution in [0.5, 0.6) is 0 Å².